The molecule has 198 valence electrons. The third-order valence-corrected chi connectivity index (χ3v) is 6.11. The number of carbonyl (C=O) groups excluding carboxylic acids is 1. The number of rotatable bonds is 11. The average Bonchev–Trinajstić information content (AvgIpc) is 3.28. The molecule has 0 fully saturated rings. The summed E-state index contributed by atoms with van der Waals surface area (Å²) in [6, 6.07) is 11.8. The Morgan fingerprint density at radius 1 is 1.11 bits per heavy atom. The largest absolute Gasteiger partial charge is 0.492 e. The normalized spacial score (nSPS) is 11.0. The molecule has 4 rings (SSSR count). The van der Waals surface area contributed by atoms with E-state index in [1.54, 1.807) is 0 Å². The lowest BCUT2D eigenvalue weighted by atomic mass is 10.1. The molecule has 4 aromatic rings. The van der Waals surface area contributed by atoms with E-state index in [4.69, 9.17) is 4.74 Å². The van der Waals surface area contributed by atoms with Crippen LogP contribution >= 0.6 is 0 Å². The minimum absolute atomic E-state index is 0.294. The number of aromatic nitrogens is 4. The number of fused-ring (bicyclic) bond motifs is 1. The number of likely N-dealkylation sites (N-methyl/N-ethyl adjacent to an activating group) is 2. The molecule has 10 heteroatoms. The van der Waals surface area contributed by atoms with Gasteiger partial charge in [0, 0.05) is 50.3 Å². The number of aryl methyl sites for hydroxylation is 1. The third kappa shape index (κ3) is 6.09. The summed E-state index contributed by atoms with van der Waals surface area (Å²) in [6.07, 6.45) is 4.61. The molecular formula is C28H34N8O2. The molecule has 38 heavy (non-hydrogen) atoms. The Morgan fingerprint density at radius 2 is 1.92 bits per heavy atom. The second-order valence-electron chi connectivity index (χ2n) is 9.17. The molecule has 0 aliphatic carbocycles. The zero-order valence-corrected chi connectivity index (χ0v) is 22.5. The summed E-state index contributed by atoms with van der Waals surface area (Å²) in [7, 11) is 7.96. The molecule has 0 saturated carbocycles. The second kappa shape index (κ2) is 11.7. The molecule has 0 bridgehead atoms. The highest BCUT2D eigenvalue weighted by Crippen LogP contribution is 2.38. The van der Waals surface area contributed by atoms with Gasteiger partial charge in [0.2, 0.25) is 5.91 Å². The molecule has 0 atom stereocenters. The van der Waals surface area contributed by atoms with Gasteiger partial charge in [-0.15, -0.1) is 0 Å². The van der Waals surface area contributed by atoms with Crippen molar-refractivity contribution >= 4 is 39.7 Å². The fourth-order valence-corrected chi connectivity index (χ4v) is 4.06. The van der Waals surface area contributed by atoms with Gasteiger partial charge in [0.1, 0.15) is 17.9 Å². The number of nitrogens with zero attached hydrogens (tertiary/aromatic N) is 6. The van der Waals surface area contributed by atoms with Gasteiger partial charge in [-0.25, -0.2) is 9.97 Å². The van der Waals surface area contributed by atoms with E-state index in [9.17, 15) is 4.79 Å². The maximum absolute atomic E-state index is 12.3. The molecule has 2 aromatic carbocycles. The summed E-state index contributed by atoms with van der Waals surface area (Å²) in [5.41, 5.74) is 4.92. The quantitative estimate of drug-likeness (QED) is 0.286. The summed E-state index contributed by atoms with van der Waals surface area (Å²) in [5.74, 6) is 0.946. The van der Waals surface area contributed by atoms with E-state index in [1.165, 1.54) is 12.4 Å². The van der Waals surface area contributed by atoms with E-state index in [0.29, 0.717) is 29.5 Å². The fraction of sp³-hybridized carbons (Fsp3) is 0.286. The summed E-state index contributed by atoms with van der Waals surface area (Å²) < 4.78 is 7.83. The van der Waals surface area contributed by atoms with E-state index in [-0.39, 0.29) is 5.91 Å². The zero-order valence-electron chi connectivity index (χ0n) is 22.5. The molecule has 0 spiro atoms. The Labute approximate surface area is 222 Å². The van der Waals surface area contributed by atoms with Crippen LogP contribution in [-0.2, 0) is 11.8 Å². The average molecular weight is 515 g/mol. The number of carbonyl (C=O) groups is 1. The van der Waals surface area contributed by atoms with Crippen LogP contribution in [0, 0.1) is 0 Å². The topological polar surface area (TPSA) is 100 Å². The third-order valence-electron chi connectivity index (χ3n) is 6.11. The van der Waals surface area contributed by atoms with Crippen LogP contribution in [0.25, 0.3) is 22.2 Å². The van der Waals surface area contributed by atoms with Gasteiger partial charge < -0.3 is 25.2 Å². The molecule has 0 radical (unpaired) electrons. The summed E-state index contributed by atoms with van der Waals surface area (Å²) in [6.45, 7) is 7.62. The highest BCUT2D eigenvalue weighted by Gasteiger charge is 2.17. The van der Waals surface area contributed by atoms with Crippen LogP contribution in [0.1, 0.15) is 6.92 Å². The van der Waals surface area contributed by atoms with E-state index >= 15 is 0 Å². The van der Waals surface area contributed by atoms with E-state index < -0.39 is 0 Å². The van der Waals surface area contributed by atoms with E-state index in [1.807, 2.05) is 76.3 Å². The van der Waals surface area contributed by atoms with Crippen molar-refractivity contribution < 1.29 is 9.53 Å². The zero-order chi connectivity index (χ0) is 27.2. The molecule has 0 unspecified atom stereocenters. The number of hydrogen-bond donors (Lipinski definition) is 2. The number of amides is 1. The number of hydrogen-bond acceptors (Lipinski definition) is 8. The van der Waals surface area contributed by atoms with Crippen molar-refractivity contribution in [3.8, 4) is 17.0 Å². The van der Waals surface area contributed by atoms with Crippen LogP contribution in [-0.4, -0.2) is 71.4 Å². The van der Waals surface area contributed by atoms with E-state index in [0.717, 1.165) is 40.9 Å². The fourth-order valence-electron chi connectivity index (χ4n) is 4.06. The van der Waals surface area contributed by atoms with Crippen molar-refractivity contribution in [1.29, 1.82) is 0 Å². The Balaban J connectivity index is 1.69. The molecule has 0 saturated heterocycles. The molecule has 0 aliphatic rings. The van der Waals surface area contributed by atoms with Gasteiger partial charge in [-0.1, -0.05) is 12.6 Å². The molecule has 0 aliphatic heterocycles. The standard InChI is InChI=1S/C28H34N8O2/c1-7-28(37)33-22-14-23(26(38-8-2)16-25(22)35(5)12-11-34(3)4)32-27-15-21(29-18-30-27)19-9-10-24-20(13-19)17-31-36(24)6/h7,9-10,13-18H,1,8,11-12H2,2-6H3,(H,33,37)(H,29,30,32). The lowest BCUT2D eigenvalue weighted by Crippen LogP contribution is -2.29. The molecule has 10 nitrogen and oxygen atoms in total. The summed E-state index contributed by atoms with van der Waals surface area (Å²) in [4.78, 5) is 25.4. The molecule has 2 aromatic heterocycles. The Morgan fingerprint density at radius 3 is 2.66 bits per heavy atom. The summed E-state index contributed by atoms with van der Waals surface area (Å²) >= 11 is 0. The first kappa shape index (κ1) is 26.6. The van der Waals surface area contributed by atoms with Crippen molar-refractivity contribution in [2.24, 2.45) is 7.05 Å². The Kier molecular flexibility index (Phi) is 8.22. The van der Waals surface area contributed by atoms with Gasteiger partial charge in [-0.2, -0.15) is 5.10 Å². The predicted octanol–water partition coefficient (Wildman–Crippen LogP) is 4.29. The van der Waals surface area contributed by atoms with Gasteiger partial charge in [-0.05, 0) is 45.3 Å². The first-order valence-corrected chi connectivity index (χ1v) is 12.4. The Hall–Kier alpha value is -4.44. The lowest BCUT2D eigenvalue weighted by molar-refractivity contribution is -0.111. The van der Waals surface area contributed by atoms with Gasteiger partial charge in [0.25, 0.3) is 0 Å². The molecule has 1 amide bonds. The maximum Gasteiger partial charge on any atom is 0.247 e. The lowest BCUT2D eigenvalue weighted by Gasteiger charge is -2.26. The molecule has 2 N–H and O–H groups in total. The maximum atomic E-state index is 12.3. The first-order chi connectivity index (χ1) is 18.3. The van der Waals surface area contributed by atoms with Gasteiger partial charge in [0.05, 0.1) is 41.1 Å². The highest BCUT2D eigenvalue weighted by molar-refractivity contribution is 6.02. The molecule has 2 heterocycles. The van der Waals surface area contributed by atoms with Crippen LogP contribution in [0.2, 0.25) is 0 Å². The number of benzene rings is 2. The van der Waals surface area contributed by atoms with Crippen molar-refractivity contribution in [3.63, 3.8) is 0 Å². The SMILES string of the molecule is C=CC(=O)Nc1cc(Nc2cc(-c3ccc4c(cnn4C)c3)ncn2)c(OCC)cc1N(C)CCN(C)C. The minimum Gasteiger partial charge on any atom is -0.492 e. The van der Waals surface area contributed by atoms with Crippen molar-refractivity contribution in [2.75, 3.05) is 56.4 Å². The van der Waals surface area contributed by atoms with Crippen molar-refractivity contribution in [1.82, 2.24) is 24.6 Å². The second-order valence-corrected chi connectivity index (χ2v) is 9.17. The molecular weight excluding hydrogens is 480 g/mol. The number of nitrogens with one attached hydrogen (secondary N) is 2. The first-order valence-electron chi connectivity index (χ1n) is 12.4. The van der Waals surface area contributed by atoms with Crippen molar-refractivity contribution in [2.45, 2.75) is 6.92 Å². The minimum atomic E-state index is -0.294. The van der Waals surface area contributed by atoms with Crippen LogP contribution in [0.15, 0.2) is 61.6 Å². The van der Waals surface area contributed by atoms with Crippen LogP contribution in [0.3, 0.4) is 0 Å². The van der Waals surface area contributed by atoms with Crippen LogP contribution < -0.4 is 20.3 Å². The van der Waals surface area contributed by atoms with E-state index in [2.05, 4.69) is 48.1 Å². The number of anilines is 4. The summed E-state index contributed by atoms with van der Waals surface area (Å²) in [5, 5.41) is 11.6. The van der Waals surface area contributed by atoms with Crippen molar-refractivity contribution in [3.05, 3.63) is 61.6 Å². The number of ether oxygens (including phenoxy) is 1. The highest BCUT2D eigenvalue weighted by atomic mass is 16.5. The smallest absolute Gasteiger partial charge is 0.247 e. The van der Waals surface area contributed by atoms with Gasteiger partial charge in [0.15, 0.2) is 0 Å². The van der Waals surface area contributed by atoms with Crippen LogP contribution in [0.4, 0.5) is 22.9 Å². The van der Waals surface area contributed by atoms with Gasteiger partial charge in [-0.3, -0.25) is 9.48 Å². The van der Waals surface area contributed by atoms with Gasteiger partial charge >= 0.3 is 0 Å². The van der Waals surface area contributed by atoms with Crippen LogP contribution in [0.5, 0.6) is 5.75 Å². The Bertz CT molecular complexity index is 1450. The predicted molar refractivity (Wildman–Crippen MR) is 153 cm³/mol. The monoisotopic (exact) mass is 514 g/mol.